The van der Waals surface area contributed by atoms with Gasteiger partial charge < -0.3 is 9.47 Å². The Balaban J connectivity index is 1.62. The molecule has 29 heavy (non-hydrogen) atoms. The van der Waals surface area contributed by atoms with Crippen molar-refractivity contribution < 1.29 is 9.47 Å². The van der Waals surface area contributed by atoms with Gasteiger partial charge in [-0.1, -0.05) is 57.2 Å². The minimum Gasteiger partial charge on any atom is -0.373 e. The maximum atomic E-state index is 5.49. The molecule has 0 bridgehead atoms. The molecule has 0 aromatic heterocycles. The number of hydrogen-bond donors (Lipinski definition) is 0. The Kier molecular flexibility index (Phi) is 5.44. The van der Waals surface area contributed by atoms with Gasteiger partial charge in [-0.2, -0.15) is 0 Å². The SMILES string of the molecule is Cc1cc(CC2CO2)c(C(C)(C)C)cc1C=Cc1cc(C)c(CC2CO2)c(C)c1. The second-order valence-corrected chi connectivity index (χ2v) is 9.90. The van der Waals surface area contributed by atoms with Crippen LogP contribution in [0.5, 0.6) is 0 Å². The summed E-state index contributed by atoms with van der Waals surface area (Å²) in [5.74, 6) is 0. The van der Waals surface area contributed by atoms with Crippen LogP contribution in [0.1, 0.15) is 65.3 Å². The molecule has 2 aliphatic heterocycles. The van der Waals surface area contributed by atoms with Crippen LogP contribution in [0, 0.1) is 20.8 Å². The molecule has 2 aromatic rings. The Morgan fingerprint density at radius 1 is 0.828 bits per heavy atom. The zero-order valence-electron chi connectivity index (χ0n) is 18.8. The third kappa shape index (κ3) is 4.99. The summed E-state index contributed by atoms with van der Waals surface area (Å²) in [6.07, 6.45) is 7.47. The minimum atomic E-state index is 0.125. The van der Waals surface area contributed by atoms with E-state index in [-0.39, 0.29) is 5.41 Å². The highest BCUT2D eigenvalue weighted by Crippen LogP contribution is 2.32. The van der Waals surface area contributed by atoms with Crippen LogP contribution in [0.15, 0.2) is 24.3 Å². The zero-order valence-corrected chi connectivity index (χ0v) is 18.8. The zero-order chi connectivity index (χ0) is 20.8. The molecule has 0 amide bonds. The maximum Gasteiger partial charge on any atom is 0.0850 e. The van der Waals surface area contributed by atoms with E-state index in [2.05, 4.69) is 78.0 Å². The van der Waals surface area contributed by atoms with Crippen LogP contribution in [0.4, 0.5) is 0 Å². The van der Waals surface area contributed by atoms with E-state index >= 15 is 0 Å². The van der Waals surface area contributed by atoms with Crippen molar-refractivity contribution in [2.75, 3.05) is 13.2 Å². The molecule has 2 heterocycles. The molecule has 0 radical (unpaired) electrons. The third-order valence-electron chi connectivity index (χ3n) is 6.16. The summed E-state index contributed by atoms with van der Waals surface area (Å²) < 4.78 is 10.9. The summed E-state index contributed by atoms with van der Waals surface area (Å²) in [5.41, 5.74) is 11.1. The van der Waals surface area contributed by atoms with E-state index in [1.807, 2.05) is 0 Å². The Hall–Kier alpha value is -1.90. The summed E-state index contributed by atoms with van der Waals surface area (Å²) in [5, 5.41) is 0. The molecule has 0 spiro atoms. The van der Waals surface area contributed by atoms with E-state index in [1.54, 1.807) is 0 Å². The van der Waals surface area contributed by atoms with Crippen LogP contribution in [-0.4, -0.2) is 25.4 Å². The van der Waals surface area contributed by atoms with Gasteiger partial charge >= 0.3 is 0 Å². The van der Waals surface area contributed by atoms with E-state index in [0.29, 0.717) is 12.2 Å². The Morgan fingerprint density at radius 3 is 1.97 bits per heavy atom. The van der Waals surface area contributed by atoms with Crippen LogP contribution in [0.3, 0.4) is 0 Å². The second-order valence-electron chi connectivity index (χ2n) is 9.90. The van der Waals surface area contributed by atoms with Gasteiger partial charge in [0.2, 0.25) is 0 Å². The van der Waals surface area contributed by atoms with Crippen molar-refractivity contribution in [2.24, 2.45) is 0 Å². The van der Waals surface area contributed by atoms with E-state index in [4.69, 9.17) is 9.47 Å². The van der Waals surface area contributed by atoms with Crippen LogP contribution in [-0.2, 0) is 27.7 Å². The van der Waals surface area contributed by atoms with Crippen molar-refractivity contribution in [1.29, 1.82) is 0 Å². The largest absolute Gasteiger partial charge is 0.373 e. The van der Waals surface area contributed by atoms with Crippen LogP contribution in [0.25, 0.3) is 12.2 Å². The molecule has 2 aliphatic rings. The predicted octanol–water partition coefficient (Wildman–Crippen LogP) is 5.96. The molecule has 0 saturated carbocycles. The summed E-state index contributed by atoms with van der Waals surface area (Å²) in [6.45, 7) is 15.4. The number of benzene rings is 2. The van der Waals surface area contributed by atoms with Crippen molar-refractivity contribution in [2.45, 2.75) is 72.0 Å². The van der Waals surface area contributed by atoms with Crippen molar-refractivity contribution in [3.63, 3.8) is 0 Å². The topological polar surface area (TPSA) is 25.1 Å². The first-order valence-corrected chi connectivity index (χ1v) is 10.9. The predicted molar refractivity (Wildman–Crippen MR) is 122 cm³/mol. The van der Waals surface area contributed by atoms with Crippen molar-refractivity contribution in [1.82, 2.24) is 0 Å². The quantitative estimate of drug-likeness (QED) is 0.449. The van der Waals surface area contributed by atoms with Crippen molar-refractivity contribution >= 4 is 12.2 Å². The molecule has 0 aliphatic carbocycles. The Labute approximate surface area is 175 Å². The molecule has 2 unspecified atom stereocenters. The molecule has 2 heteroatoms. The minimum absolute atomic E-state index is 0.125. The van der Waals surface area contributed by atoms with Crippen molar-refractivity contribution in [3.05, 3.63) is 68.8 Å². The van der Waals surface area contributed by atoms with Crippen LogP contribution < -0.4 is 0 Å². The Bertz CT molecular complexity index is 915. The van der Waals surface area contributed by atoms with E-state index in [0.717, 1.165) is 26.1 Å². The smallest absolute Gasteiger partial charge is 0.0850 e. The molecule has 4 rings (SSSR count). The second kappa shape index (κ2) is 7.74. The normalized spacial score (nSPS) is 21.0. The average Bonchev–Trinajstić information content (AvgIpc) is 3.52. The molecule has 2 aromatic carbocycles. The summed E-state index contributed by atoms with van der Waals surface area (Å²) in [7, 11) is 0. The molecular formula is C27H34O2. The van der Waals surface area contributed by atoms with Gasteiger partial charge in [-0.25, -0.2) is 0 Å². The summed E-state index contributed by atoms with van der Waals surface area (Å²) >= 11 is 0. The standard InChI is InChI=1S/C27H34O2/c1-17-11-22(12-23-15-28-23)26(27(4,5)6)13-21(17)8-7-20-9-18(2)25(19(3)10-20)14-24-16-29-24/h7-11,13,23-24H,12,14-16H2,1-6H3. The van der Waals surface area contributed by atoms with Gasteiger partial charge in [-0.05, 0) is 70.7 Å². The number of aryl methyl sites for hydroxylation is 3. The monoisotopic (exact) mass is 390 g/mol. The lowest BCUT2D eigenvalue weighted by molar-refractivity contribution is 0.406. The molecule has 2 nitrogen and oxygen atoms in total. The highest BCUT2D eigenvalue weighted by atomic mass is 16.6. The van der Waals surface area contributed by atoms with Gasteiger partial charge in [0.05, 0.1) is 25.4 Å². The highest BCUT2D eigenvalue weighted by molar-refractivity contribution is 5.73. The lowest BCUT2D eigenvalue weighted by Crippen LogP contribution is -2.16. The first kappa shape index (κ1) is 20.4. The average molecular weight is 391 g/mol. The van der Waals surface area contributed by atoms with Crippen LogP contribution >= 0.6 is 0 Å². The first-order valence-electron chi connectivity index (χ1n) is 10.9. The van der Waals surface area contributed by atoms with Gasteiger partial charge in [0.1, 0.15) is 0 Å². The molecule has 2 atom stereocenters. The van der Waals surface area contributed by atoms with Gasteiger partial charge in [0, 0.05) is 12.8 Å². The van der Waals surface area contributed by atoms with Gasteiger partial charge in [-0.15, -0.1) is 0 Å². The van der Waals surface area contributed by atoms with E-state index in [9.17, 15) is 0 Å². The van der Waals surface area contributed by atoms with Gasteiger partial charge in [0.15, 0.2) is 0 Å². The molecule has 154 valence electrons. The number of rotatable bonds is 6. The molecule has 2 fully saturated rings. The van der Waals surface area contributed by atoms with E-state index < -0.39 is 0 Å². The maximum absolute atomic E-state index is 5.49. The molecule has 0 N–H and O–H groups in total. The fourth-order valence-electron chi connectivity index (χ4n) is 4.31. The third-order valence-corrected chi connectivity index (χ3v) is 6.16. The number of hydrogen-bond acceptors (Lipinski definition) is 2. The molecule has 2 saturated heterocycles. The fraction of sp³-hybridized carbons (Fsp3) is 0.481. The summed E-state index contributed by atoms with van der Waals surface area (Å²) in [6, 6.07) is 9.37. The van der Waals surface area contributed by atoms with Gasteiger partial charge in [-0.3, -0.25) is 0 Å². The Morgan fingerprint density at radius 2 is 1.41 bits per heavy atom. The molecular weight excluding hydrogens is 356 g/mol. The van der Waals surface area contributed by atoms with Gasteiger partial charge in [0.25, 0.3) is 0 Å². The lowest BCUT2D eigenvalue weighted by Gasteiger charge is -2.24. The van der Waals surface area contributed by atoms with Crippen molar-refractivity contribution in [3.8, 4) is 0 Å². The first-order chi connectivity index (χ1) is 13.7. The summed E-state index contributed by atoms with van der Waals surface area (Å²) in [4.78, 5) is 0. The number of epoxide rings is 2. The van der Waals surface area contributed by atoms with Crippen LogP contribution in [0.2, 0.25) is 0 Å². The van der Waals surface area contributed by atoms with E-state index in [1.165, 1.54) is 44.5 Å². The fourth-order valence-corrected chi connectivity index (χ4v) is 4.31. The highest BCUT2D eigenvalue weighted by Gasteiger charge is 2.27. The number of ether oxygens (including phenoxy) is 2. The lowest BCUT2D eigenvalue weighted by atomic mass is 9.80.